The molecule has 21 heavy (non-hydrogen) atoms. The molecule has 0 rings (SSSR count). The van der Waals surface area contributed by atoms with Gasteiger partial charge in [-0.2, -0.15) is 0 Å². The first kappa shape index (κ1) is 20.2. The molecule has 0 radical (unpaired) electrons. The summed E-state index contributed by atoms with van der Waals surface area (Å²) in [6, 6.07) is 0. The molecule has 0 amide bonds. The summed E-state index contributed by atoms with van der Waals surface area (Å²) in [6.45, 7) is 15.9. The summed E-state index contributed by atoms with van der Waals surface area (Å²) in [6.07, 6.45) is 5.28. The first-order valence-corrected chi connectivity index (χ1v) is 8.18. The van der Waals surface area contributed by atoms with Gasteiger partial charge in [0, 0.05) is 5.54 Å². The van der Waals surface area contributed by atoms with Gasteiger partial charge in [0.05, 0.1) is 5.41 Å². The van der Waals surface area contributed by atoms with Gasteiger partial charge in [0.1, 0.15) is 5.76 Å². The minimum absolute atomic E-state index is 0.108. The molecule has 3 heteroatoms. The molecule has 2 N–H and O–H groups in total. The third-order valence-corrected chi connectivity index (χ3v) is 5.06. The lowest BCUT2D eigenvalue weighted by Crippen LogP contribution is -2.57. The zero-order chi connectivity index (χ0) is 16.8. The largest absolute Gasteiger partial charge is 0.431 e. The van der Waals surface area contributed by atoms with Gasteiger partial charge in [0.15, 0.2) is 0 Å². The quantitative estimate of drug-likeness (QED) is 0.523. The van der Waals surface area contributed by atoms with E-state index >= 15 is 0 Å². The highest BCUT2D eigenvalue weighted by Crippen LogP contribution is 2.38. The number of ether oxygens (including phenoxy) is 1. The smallest absolute Gasteiger partial charge is 0.318 e. The van der Waals surface area contributed by atoms with Crippen molar-refractivity contribution in [3.05, 3.63) is 11.8 Å². The molecule has 0 spiro atoms. The molecule has 0 aromatic carbocycles. The zero-order valence-corrected chi connectivity index (χ0v) is 15.2. The Bertz CT molecular complexity index is 362. The number of carbonyl (C=O) groups excluding carboxylic acids is 1. The highest BCUT2D eigenvalue weighted by Gasteiger charge is 2.48. The van der Waals surface area contributed by atoms with Crippen LogP contribution in [0.3, 0.4) is 0 Å². The monoisotopic (exact) mass is 297 g/mol. The first-order valence-electron chi connectivity index (χ1n) is 8.18. The molecule has 3 nitrogen and oxygen atoms in total. The predicted molar refractivity (Wildman–Crippen MR) is 89.7 cm³/mol. The van der Waals surface area contributed by atoms with Crippen LogP contribution >= 0.6 is 0 Å². The maximum absolute atomic E-state index is 12.6. The highest BCUT2D eigenvalue weighted by atomic mass is 16.5. The number of allylic oxidation sites excluding steroid dienone is 2. The third-order valence-electron chi connectivity index (χ3n) is 5.06. The van der Waals surface area contributed by atoms with Gasteiger partial charge in [0.2, 0.25) is 0 Å². The fraction of sp³-hybridized carbons (Fsp3) is 0.833. The Labute approximate surface area is 131 Å². The number of hydrogen-bond acceptors (Lipinski definition) is 3. The lowest BCUT2D eigenvalue weighted by molar-refractivity contribution is -0.157. The summed E-state index contributed by atoms with van der Waals surface area (Å²) < 4.78 is 5.58. The SMILES string of the molecule is CCC(CC)C/C=C(/C)OC(=O)C(C)(C(C)C)C(C)(C)N. The molecule has 0 saturated heterocycles. The number of carbonyl (C=O) groups is 1. The van der Waals surface area contributed by atoms with Crippen LogP contribution in [0.15, 0.2) is 11.8 Å². The molecule has 0 bridgehead atoms. The van der Waals surface area contributed by atoms with Crippen molar-refractivity contribution in [3.8, 4) is 0 Å². The van der Waals surface area contributed by atoms with Crippen molar-refractivity contribution in [2.45, 2.75) is 80.2 Å². The lowest BCUT2D eigenvalue weighted by Gasteiger charge is -2.42. The van der Waals surface area contributed by atoms with E-state index in [-0.39, 0.29) is 11.9 Å². The topological polar surface area (TPSA) is 52.3 Å². The Kier molecular flexibility index (Phi) is 7.66. The van der Waals surface area contributed by atoms with Crippen LogP contribution in [0.5, 0.6) is 0 Å². The van der Waals surface area contributed by atoms with Gasteiger partial charge < -0.3 is 10.5 Å². The molecule has 1 unspecified atom stereocenters. The standard InChI is InChI=1S/C18H35NO2/c1-9-15(10-2)12-11-14(5)21-16(20)18(8,13(3)4)17(6,7)19/h11,13,15H,9-10,12,19H2,1-8H3/b14-11-. The lowest BCUT2D eigenvalue weighted by atomic mass is 9.66. The van der Waals surface area contributed by atoms with Crippen molar-refractivity contribution >= 4 is 5.97 Å². The highest BCUT2D eigenvalue weighted by molar-refractivity contribution is 5.79. The molecule has 0 aliphatic rings. The van der Waals surface area contributed by atoms with Crippen molar-refractivity contribution in [2.75, 3.05) is 0 Å². The van der Waals surface area contributed by atoms with E-state index in [0.717, 1.165) is 19.3 Å². The predicted octanol–water partition coefficient (Wildman–Crippen LogP) is 4.66. The second kappa shape index (κ2) is 7.98. The fourth-order valence-electron chi connectivity index (χ4n) is 2.49. The number of nitrogens with two attached hydrogens (primary N) is 1. The van der Waals surface area contributed by atoms with Crippen molar-refractivity contribution in [1.29, 1.82) is 0 Å². The Balaban J connectivity index is 4.98. The van der Waals surface area contributed by atoms with E-state index in [9.17, 15) is 4.79 Å². The Morgan fingerprint density at radius 2 is 1.67 bits per heavy atom. The van der Waals surface area contributed by atoms with Crippen molar-refractivity contribution < 1.29 is 9.53 Å². The zero-order valence-electron chi connectivity index (χ0n) is 15.2. The molecular formula is C18H35NO2. The van der Waals surface area contributed by atoms with E-state index in [0.29, 0.717) is 11.7 Å². The normalized spacial score (nSPS) is 16.2. The van der Waals surface area contributed by atoms with Gasteiger partial charge in [0.25, 0.3) is 0 Å². The second-order valence-corrected chi connectivity index (χ2v) is 7.20. The maximum atomic E-state index is 12.6. The van der Waals surface area contributed by atoms with Crippen LogP contribution in [0.2, 0.25) is 0 Å². The van der Waals surface area contributed by atoms with Gasteiger partial charge >= 0.3 is 5.97 Å². The molecule has 0 aromatic heterocycles. The average Bonchev–Trinajstić information content (AvgIpc) is 2.37. The summed E-state index contributed by atoms with van der Waals surface area (Å²) in [7, 11) is 0. The molecule has 124 valence electrons. The van der Waals surface area contributed by atoms with Gasteiger partial charge in [-0.1, -0.05) is 40.5 Å². The molecule has 0 aliphatic heterocycles. The fourth-order valence-corrected chi connectivity index (χ4v) is 2.49. The third kappa shape index (κ3) is 5.14. The summed E-state index contributed by atoms with van der Waals surface area (Å²) in [5.41, 5.74) is 4.89. The Morgan fingerprint density at radius 3 is 2.00 bits per heavy atom. The van der Waals surface area contributed by atoms with Crippen LogP contribution in [0.25, 0.3) is 0 Å². The second-order valence-electron chi connectivity index (χ2n) is 7.20. The summed E-state index contributed by atoms with van der Waals surface area (Å²) >= 11 is 0. The number of esters is 1. The summed E-state index contributed by atoms with van der Waals surface area (Å²) in [5, 5.41) is 0. The van der Waals surface area contributed by atoms with Gasteiger partial charge in [-0.25, -0.2) is 0 Å². The van der Waals surface area contributed by atoms with Crippen LogP contribution in [-0.2, 0) is 9.53 Å². The van der Waals surface area contributed by atoms with Gasteiger partial charge in [-0.15, -0.1) is 0 Å². The molecule has 0 saturated carbocycles. The van der Waals surface area contributed by atoms with E-state index in [4.69, 9.17) is 10.5 Å². The van der Waals surface area contributed by atoms with E-state index < -0.39 is 11.0 Å². The molecule has 0 fully saturated rings. The molecule has 0 heterocycles. The molecule has 0 aromatic rings. The molecule has 0 aliphatic carbocycles. The minimum Gasteiger partial charge on any atom is -0.431 e. The Hall–Kier alpha value is -0.830. The summed E-state index contributed by atoms with van der Waals surface area (Å²) in [5.74, 6) is 1.21. The van der Waals surface area contributed by atoms with Crippen molar-refractivity contribution in [3.63, 3.8) is 0 Å². The Morgan fingerprint density at radius 1 is 1.19 bits per heavy atom. The van der Waals surface area contributed by atoms with Gasteiger partial charge in [-0.05, 0) is 52.0 Å². The average molecular weight is 297 g/mol. The van der Waals surface area contributed by atoms with Crippen LogP contribution < -0.4 is 5.73 Å². The maximum Gasteiger partial charge on any atom is 0.318 e. The molecule has 1 atom stereocenters. The van der Waals surface area contributed by atoms with E-state index in [1.54, 1.807) is 0 Å². The van der Waals surface area contributed by atoms with E-state index in [1.807, 2.05) is 47.6 Å². The number of rotatable bonds is 8. The van der Waals surface area contributed by atoms with E-state index in [2.05, 4.69) is 13.8 Å². The first-order chi connectivity index (χ1) is 9.50. The van der Waals surface area contributed by atoms with Crippen molar-refractivity contribution in [1.82, 2.24) is 0 Å². The van der Waals surface area contributed by atoms with E-state index in [1.165, 1.54) is 0 Å². The van der Waals surface area contributed by atoms with Crippen LogP contribution in [0, 0.1) is 17.3 Å². The summed E-state index contributed by atoms with van der Waals surface area (Å²) in [4.78, 5) is 12.6. The van der Waals surface area contributed by atoms with Crippen LogP contribution in [0.4, 0.5) is 0 Å². The van der Waals surface area contributed by atoms with Crippen LogP contribution in [-0.4, -0.2) is 11.5 Å². The van der Waals surface area contributed by atoms with Crippen molar-refractivity contribution in [2.24, 2.45) is 23.0 Å². The van der Waals surface area contributed by atoms with Crippen LogP contribution in [0.1, 0.15) is 74.7 Å². The minimum atomic E-state index is -0.711. The number of hydrogen-bond donors (Lipinski definition) is 1. The van der Waals surface area contributed by atoms with Gasteiger partial charge in [-0.3, -0.25) is 4.79 Å². The molecular weight excluding hydrogens is 262 g/mol.